The molecule has 3 heterocycles. The molecule has 0 atom stereocenters. The zero-order valence-electron chi connectivity index (χ0n) is 14.3. The van der Waals surface area contributed by atoms with E-state index in [1.165, 1.54) is 10.9 Å². The second-order valence-electron chi connectivity index (χ2n) is 6.61. The molecule has 0 radical (unpaired) electrons. The van der Waals surface area contributed by atoms with Crippen molar-refractivity contribution in [2.45, 2.75) is 25.9 Å². The highest BCUT2D eigenvalue weighted by molar-refractivity contribution is 5.83. The van der Waals surface area contributed by atoms with Crippen molar-refractivity contribution >= 4 is 11.6 Å². The predicted molar refractivity (Wildman–Crippen MR) is 88.8 cm³/mol. The Kier molecular flexibility index (Phi) is 4.58. The molecule has 0 N–H and O–H groups in total. The van der Waals surface area contributed by atoms with Gasteiger partial charge in [-0.15, -0.1) is 0 Å². The van der Waals surface area contributed by atoms with Crippen LogP contribution in [0.4, 0.5) is 5.69 Å². The lowest BCUT2D eigenvalue weighted by molar-refractivity contribution is -0.385. The molecule has 1 aliphatic rings. The van der Waals surface area contributed by atoms with E-state index in [4.69, 9.17) is 4.42 Å². The van der Waals surface area contributed by atoms with Crippen LogP contribution in [0.1, 0.15) is 19.6 Å². The standard InChI is InChI=1S/C16H21N5O4/c1-16(2,20-11-13(10-17-20)21(23)24)15(22)19-7-5-18(6-8-19)12-14-4-3-9-25-14/h3-4,9-11H,5-8,12H2,1-2H3. The number of aromatic nitrogens is 2. The van der Waals surface area contributed by atoms with Crippen molar-refractivity contribution < 1.29 is 14.1 Å². The number of rotatable bonds is 5. The second-order valence-corrected chi connectivity index (χ2v) is 6.61. The lowest BCUT2D eigenvalue weighted by atomic mass is 10.0. The normalized spacial score (nSPS) is 16.2. The van der Waals surface area contributed by atoms with E-state index in [0.29, 0.717) is 13.1 Å². The van der Waals surface area contributed by atoms with Gasteiger partial charge in [0.25, 0.3) is 0 Å². The van der Waals surface area contributed by atoms with Gasteiger partial charge in [0, 0.05) is 26.2 Å². The van der Waals surface area contributed by atoms with Crippen molar-refractivity contribution in [3.8, 4) is 0 Å². The maximum absolute atomic E-state index is 12.9. The number of amides is 1. The Morgan fingerprint density at radius 1 is 1.36 bits per heavy atom. The largest absolute Gasteiger partial charge is 0.468 e. The first-order valence-electron chi connectivity index (χ1n) is 8.11. The summed E-state index contributed by atoms with van der Waals surface area (Å²) in [7, 11) is 0. The lowest BCUT2D eigenvalue weighted by Crippen LogP contribution is -2.54. The van der Waals surface area contributed by atoms with E-state index in [0.717, 1.165) is 31.6 Å². The van der Waals surface area contributed by atoms with Gasteiger partial charge >= 0.3 is 5.69 Å². The van der Waals surface area contributed by atoms with Crippen LogP contribution in [0.3, 0.4) is 0 Å². The Bertz CT molecular complexity index is 744. The average molecular weight is 347 g/mol. The number of piperazine rings is 1. The molecule has 3 rings (SSSR count). The second kappa shape index (κ2) is 6.67. The van der Waals surface area contributed by atoms with Crippen molar-refractivity contribution in [1.82, 2.24) is 19.6 Å². The van der Waals surface area contributed by atoms with Crippen molar-refractivity contribution in [2.24, 2.45) is 0 Å². The minimum Gasteiger partial charge on any atom is -0.468 e. The number of carbonyl (C=O) groups is 1. The van der Waals surface area contributed by atoms with Crippen molar-refractivity contribution in [3.05, 3.63) is 46.7 Å². The highest BCUT2D eigenvalue weighted by Gasteiger charge is 2.36. The average Bonchev–Trinajstić information content (AvgIpc) is 3.26. The summed E-state index contributed by atoms with van der Waals surface area (Å²) in [6.45, 7) is 6.88. The van der Waals surface area contributed by atoms with E-state index < -0.39 is 10.5 Å². The maximum atomic E-state index is 12.9. The Labute approximate surface area is 145 Å². The molecule has 25 heavy (non-hydrogen) atoms. The van der Waals surface area contributed by atoms with Crippen LogP contribution in [-0.2, 0) is 16.9 Å². The maximum Gasteiger partial charge on any atom is 0.307 e. The topological polar surface area (TPSA) is 97.7 Å². The number of carbonyl (C=O) groups excluding carboxylic acids is 1. The first kappa shape index (κ1) is 17.2. The van der Waals surface area contributed by atoms with Crippen LogP contribution in [0.5, 0.6) is 0 Å². The molecular formula is C16H21N5O4. The molecule has 0 aliphatic carbocycles. The van der Waals surface area contributed by atoms with Crippen molar-refractivity contribution in [2.75, 3.05) is 26.2 Å². The summed E-state index contributed by atoms with van der Waals surface area (Å²) < 4.78 is 6.72. The molecular weight excluding hydrogens is 326 g/mol. The Balaban J connectivity index is 1.61. The fourth-order valence-electron chi connectivity index (χ4n) is 2.93. The van der Waals surface area contributed by atoms with Crippen LogP contribution in [-0.4, -0.2) is 56.6 Å². The minimum absolute atomic E-state index is 0.0943. The molecule has 0 spiro atoms. The molecule has 2 aromatic rings. The highest BCUT2D eigenvalue weighted by atomic mass is 16.6. The molecule has 134 valence electrons. The monoisotopic (exact) mass is 347 g/mol. The van der Waals surface area contributed by atoms with E-state index in [9.17, 15) is 14.9 Å². The highest BCUT2D eigenvalue weighted by Crippen LogP contribution is 2.22. The van der Waals surface area contributed by atoms with Crippen molar-refractivity contribution in [1.29, 1.82) is 0 Å². The molecule has 2 aromatic heterocycles. The third-order valence-electron chi connectivity index (χ3n) is 4.49. The van der Waals surface area contributed by atoms with E-state index >= 15 is 0 Å². The van der Waals surface area contributed by atoms with E-state index in [1.54, 1.807) is 25.0 Å². The van der Waals surface area contributed by atoms with Gasteiger partial charge in [0.2, 0.25) is 5.91 Å². The van der Waals surface area contributed by atoms with Crippen molar-refractivity contribution in [3.63, 3.8) is 0 Å². The summed E-state index contributed by atoms with van der Waals surface area (Å²) in [5.74, 6) is 0.812. The summed E-state index contributed by atoms with van der Waals surface area (Å²) in [5, 5.41) is 14.8. The van der Waals surface area contributed by atoms with Crippen LogP contribution in [0, 0.1) is 10.1 Å². The van der Waals surface area contributed by atoms with Gasteiger partial charge in [-0.25, -0.2) is 0 Å². The van der Waals surface area contributed by atoms with E-state index in [1.807, 2.05) is 12.1 Å². The van der Waals surface area contributed by atoms with Crippen LogP contribution in [0.2, 0.25) is 0 Å². The molecule has 1 fully saturated rings. The quantitative estimate of drug-likeness (QED) is 0.600. The lowest BCUT2D eigenvalue weighted by Gasteiger charge is -2.38. The summed E-state index contributed by atoms with van der Waals surface area (Å²) >= 11 is 0. The molecule has 0 saturated carbocycles. The molecule has 0 aromatic carbocycles. The van der Waals surface area contributed by atoms with E-state index in [-0.39, 0.29) is 11.6 Å². The van der Waals surface area contributed by atoms with Crippen LogP contribution in [0.15, 0.2) is 35.2 Å². The van der Waals surface area contributed by atoms with Crippen LogP contribution < -0.4 is 0 Å². The molecule has 1 amide bonds. The SMILES string of the molecule is CC(C)(C(=O)N1CCN(Cc2ccco2)CC1)n1cc([N+](=O)[O-])cn1. The Hall–Kier alpha value is -2.68. The first-order valence-corrected chi connectivity index (χ1v) is 8.11. The molecule has 0 unspecified atom stereocenters. The van der Waals surface area contributed by atoms with Gasteiger partial charge in [-0.2, -0.15) is 5.10 Å². The number of nitro groups is 1. The summed E-state index contributed by atoms with van der Waals surface area (Å²) in [5.41, 5.74) is -1.10. The number of nitrogens with zero attached hydrogens (tertiary/aromatic N) is 5. The van der Waals surface area contributed by atoms with Crippen LogP contribution in [0.25, 0.3) is 0 Å². The van der Waals surface area contributed by atoms with Gasteiger partial charge in [-0.1, -0.05) is 0 Å². The van der Waals surface area contributed by atoms with E-state index in [2.05, 4.69) is 10.00 Å². The number of hydrogen-bond acceptors (Lipinski definition) is 6. The van der Waals surface area contributed by atoms with Gasteiger partial charge in [0.1, 0.15) is 23.7 Å². The first-order chi connectivity index (χ1) is 11.9. The molecule has 1 aliphatic heterocycles. The molecule has 1 saturated heterocycles. The van der Waals surface area contributed by atoms with Gasteiger partial charge < -0.3 is 9.32 Å². The summed E-state index contributed by atoms with van der Waals surface area (Å²) in [6.07, 6.45) is 4.11. The fraction of sp³-hybridized carbons (Fsp3) is 0.500. The fourth-order valence-corrected chi connectivity index (χ4v) is 2.93. The molecule has 9 nitrogen and oxygen atoms in total. The van der Waals surface area contributed by atoms with Gasteiger partial charge in [-0.3, -0.25) is 24.5 Å². The number of furan rings is 1. The Morgan fingerprint density at radius 3 is 2.64 bits per heavy atom. The Morgan fingerprint density at radius 2 is 2.08 bits per heavy atom. The zero-order valence-corrected chi connectivity index (χ0v) is 14.3. The van der Waals surface area contributed by atoms with Gasteiger partial charge in [0.05, 0.1) is 17.7 Å². The third-order valence-corrected chi connectivity index (χ3v) is 4.49. The summed E-state index contributed by atoms with van der Waals surface area (Å²) in [4.78, 5) is 27.2. The van der Waals surface area contributed by atoms with Gasteiger partial charge in [-0.05, 0) is 26.0 Å². The summed E-state index contributed by atoms with van der Waals surface area (Å²) in [6, 6.07) is 3.80. The molecule has 0 bridgehead atoms. The van der Waals surface area contributed by atoms with Gasteiger partial charge in [0.15, 0.2) is 0 Å². The van der Waals surface area contributed by atoms with Crippen LogP contribution >= 0.6 is 0 Å². The third kappa shape index (κ3) is 3.55. The zero-order chi connectivity index (χ0) is 18.0. The minimum atomic E-state index is -0.975. The molecule has 9 heteroatoms. The smallest absolute Gasteiger partial charge is 0.307 e. The predicted octanol–water partition coefficient (Wildman–Crippen LogP) is 1.46. The number of hydrogen-bond donors (Lipinski definition) is 0.